The Morgan fingerprint density at radius 2 is 2.32 bits per heavy atom. The Bertz CT molecular complexity index is 450. The van der Waals surface area contributed by atoms with Gasteiger partial charge in [0.2, 0.25) is 0 Å². The number of likely N-dealkylation sites (tertiary alicyclic amines) is 1. The van der Waals surface area contributed by atoms with Crippen molar-refractivity contribution in [2.75, 3.05) is 13.7 Å². The van der Waals surface area contributed by atoms with Crippen molar-refractivity contribution < 1.29 is 14.6 Å². The second kappa shape index (κ2) is 5.61. The Kier molecular flexibility index (Phi) is 4.28. The topological polar surface area (TPSA) is 49.8 Å². The van der Waals surface area contributed by atoms with Crippen LogP contribution in [0.5, 0.6) is 0 Å². The van der Waals surface area contributed by atoms with E-state index in [4.69, 9.17) is 4.74 Å². The first-order chi connectivity index (χ1) is 8.91. The van der Waals surface area contributed by atoms with E-state index in [9.17, 15) is 9.90 Å². The van der Waals surface area contributed by atoms with Gasteiger partial charge in [-0.25, -0.2) is 4.79 Å². The van der Waals surface area contributed by atoms with Crippen LogP contribution in [0.15, 0.2) is 12.1 Å². The second-order valence-corrected chi connectivity index (χ2v) is 6.71. The summed E-state index contributed by atoms with van der Waals surface area (Å²) in [6.45, 7) is 5.52. The molecule has 1 saturated heterocycles. The number of ether oxygens (including phenoxy) is 1. The first kappa shape index (κ1) is 14.5. The van der Waals surface area contributed by atoms with Crippen LogP contribution in [0, 0.1) is 0 Å². The number of hydrogen-bond donors (Lipinski definition) is 1. The van der Waals surface area contributed by atoms with Gasteiger partial charge in [-0.05, 0) is 45.4 Å². The highest BCUT2D eigenvalue weighted by atomic mass is 32.1. The summed E-state index contributed by atoms with van der Waals surface area (Å²) in [7, 11) is 1.40. The molecule has 1 aliphatic heterocycles. The van der Waals surface area contributed by atoms with Gasteiger partial charge in [0.25, 0.3) is 0 Å². The number of methoxy groups -OCH3 is 1. The van der Waals surface area contributed by atoms with Gasteiger partial charge in [-0.1, -0.05) is 0 Å². The maximum atomic E-state index is 11.4. The summed E-state index contributed by atoms with van der Waals surface area (Å²) in [5, 5.41) is 10.2. The minimum absolute atomic E-state index is 0.191. The van der Waals surface area contributed by atoms with E-state index in [-0.39, 0.29) is 12.0 Å². The third-order valence-electron chi connectivity index (χ3n) is 3.59. The Morgan fingerprint density at radius 3 is 2.95 bits per heavy atom. The number of rotatable bonds is 4. The Labute approximate surface area is 118 Å². The molecule has 0 saturated carbocycles. The third kappa shape index (κ3) is 3.35. The number of carbonyl (C=O) groups is 1. The molecular weight excluding hydrogens is 262 g/mol. The van der Waals surface area contributed by atoms with Crippen molar-refractivity contribution >= 4 is 17.3 Å². The molecular formula is C14H21NO3S. The number of nitrogens with zero attached hydrogens (tertiary/aromatic N) is 1. The Morgan fingerprint density at radius 1 is 1.58 bits per heavy atom. The van der Waals surface area contributed by atoms with E-state index in [1.807, 2.05) is 19.9 Å². The molecule has 0 aliphatic carbocycles. The summed E-state index contributed by atoms with van der Waals surface area (Å²) in [6, 6.07) is 3.97. The van der Waals surface area contributed by atoms with Crippen LogP contribution in [0.3, 0.4) is 0 Å². The molecule has 0 amide bonds. The first-order valence-electron chi connectivity index (χ1n) is 6.55. The van der Waals surface area contributed by atoms with Gasteiger partial charge < -0.3 is 9.84 Å². The molecule has 106 valence electrons. The molecule has 2 heterocycles. The lowest BCUT2D eigenvalue weighted by molar-refractivity contribution is -0.00472. The molecule has 0 radical (unpaired) electrons. The standard InChI is InChI=1S/C14H21NO3S/c1-14(2,17)12-5-4-8-15(12)9-10-6-7-11(19-10)13(16)18-3/h6-7,12,17H,4-5,8-9H2,1-3H3. The molecule has 1 unspecified atom stereocenters. The molecule has 1 aliphatic rings. The lowest BCUT2D eigenvalue weighted by Crippen LogP contribution is -2.45. The summed E-state index contributed by atoms with van der Waals surface area (Å²) < 4.78 is 4.71. The molecule has 1 aromatic rings. The summed E-state index contributed by atoms with van der Waals surface area (Å²) >= 11 is 1.47. The molecule has 5 heteroatoms. The zero-order valence-electron chi connectivity index (χ0n) is 11.7. The van der Waals surface area contributed by atoms with Crippen LogP contribution >= 0.6 is 11.3 Å². The van der Waals surface area contributed by atoms with Crippen molar-refractivity contribution in [1.82, 2.24) is 4.90 Å². The van der Waals surface area contributed by atoms with Gasteiger partial charge in [0.1, 0.15) is 4.88 Å². The maximum Gasteiger partial charge on any atom is 0.348 e. The van der Waals surface area contributed by atoms with Crippen LogP contribution in [0.1, 0.15) is 41.2 Å². The van der Waals surface area contributed by atoms with E-state index in [0.29, 0.717) is 4.88 Å². The van der Waals surface area contributed by atoms with E-state index < -0.39 is 5.60 Å². The van der Waals surface area contributed by atoms with Crippen LogP contribution < -0.4 is 0 Å². The van der Waals surface area contributed by atoms with Crippen molar-refractivity contribution in [3.63, 3.8) is 0 Å². The molecule has 2 rings (SSSR count). The monoisotopic (exact) mass is 283 g/mol. The first-order valence-corrected chi connectivity index (χ1v) is 7.37. The smallest absolute Gasteiger partial charge is 0.348 e. The molecule has 0 spiro atoms. The predicted octanol–water partition coefficient (Wildman–Crippen LogP) is 2.27. The van der Waals surface area contributed by atoms with Crippen molar-refractivity contribution in [1.29, 1.82) is 0 Å². The Hall–Kier alpha value is -0.910. The quantitative estimate of drug-likeness (QED) is 0.861. The van der Waals surface area contributed by atoms with Gasteiger partial charge in [0.05, 0.1) is 12.7 Å². The minimum atomic E-state index is -0.682. The lowest BCUT2D eigenvalue weighted by Gasteiger charge is -2.33. The average molecular weight is 283 g/mol. The van der Waals surface area contributed by atoms with Gasteiger partial charge in [-0.3, -0.25) is 4.90 Å². The summed E-state index contributed by atoms with van der Waals surface area (Å²) in [5.41, 5.74) is -0.682. The van der Waals surface area contributed by atoms with Crippen molar-refractivity contribution in [3.05, 3.63) is 21.9 Å². The fraction of sp³-hybridized carbons (Fsp3) is 0.643. The molecule has 1 fully saturated rings. The highest BCUT2D eigenvalue weighted by Gasteiger charge is 2.35. The SMILES string of the molecule is COC(=O)c1ccc(CN2CCCC2C(C)(C)O)s1. The zero-order chi connectivity index (χ0) is 14.0. The number of hydrogen-bond acceptors (Lipinski definition) is 5. The lowest BCUT2D eigenvalue weighted by atomic mass is 9.97. The van der Waals surface area contributed by atoms with Gasteiger partial charge in [0, 0.05) is 17.5 Å². The normalized spacial score (nSPS) is 20.7. The molecule has 1 N–H and O–H groups in total. The van der Waals surface area contributed by atoms with E-state index >= 15 is 0 Å². The number of esters is 1. The number of carbonyl (C=O) groups excluding carboxylic acids is 1. The molecule has 0 bridgehead atoms. The zero-order valence-corrected chi connectivity index (χ0v) is 12.5. The van der Waals surface area contributed by atoms with Gasteiger partial charge in [0.15, 0.2) is 0 Å². The Balaban J connectivity index is 2.04. The summed E-state index contributed by atoms with van der Waals surface area (Å²) in [4.78, 5) is 15.5. The van der Waals surface area contributed by atoms with Crippen LogP contribution in [-0.2, 0) is 11.3 Å². The molecule has 4 nitrogen and oxygen atoms in total. The summed E-state index contributed by atoms with van der Waals surface area (Å²) in [5.74, 6) is -0.281. The van der Waals surface area contributed by atoms with Crippen LogP contribution in [0.2, 0.25) is 0 Å². The van der Waals surface area contributed by atoms with Gasteiger partial charge in [-0.2, -0.15) is 0 Å². The van der Waals surface area contributed by atoms with Crippen LogP contribution in [0.25, 0.3) is 0 Å². The fourth-order valence-corrected chi connectivity index (χ4v) is 3.64. The molecule has 1 aromatic heterocycles. The maximum absolute atomic E-state index is 11.4. The average Bonchev–Trinajstić information content (AvgIpc) is 2.96. The van der Waals surface area contributed by atoms with Crippen LogP contribution in [0.4, 0.5) is 0 Å². The van der Waals surface area contributed by atoms with E-state index in [0.717, 1.165) is 30.8 Å². The van der Waals surface area contributed by atoms with Crippen LogP contribution in [-0.4, -0.2) is 41.3 Å². The summed E-state index contributed by atoms with van der Waals surface area (Å²) in [6.07, 6.45) is 2.14. The highest BCUT2D eigenvalue weighted by molar-refractivity contribution is 7.13. The number of aliphatic hydroxyl groups is 1. The van der Waals surface area contributed by atoms with Crippen molar-refractivity contribution in [2.45, 2.75) is 44.9 Å². The van der Waals surface area contributed by atoms with Gasteiger partial charge >= 0.3 is 5.97 Å². The largest absolute Gasteiger partial charge is 0.465 e. The second-order valence-electron chi connectivity index (χ2n) is 5.54. The van der Waals surface area contributed by atoms with Gasteiger partial charge in [-0.15, -0.1) is 11.3 Å². The van der Waals surface area contributed by atoms with E-state index in [1.54, 1.807) is 6.07 Å². The van der Waals surface area contributed by atoms with Crippen molar-refractivity contribution in [2.24, 2.45) is 0 Å². The minimum Gasteiger partial charge on any atom is -0.465 e. The van der Waals surface area contributed by atoms with Crippen molar-refractivity contribution in [3.8, 4) is 0 Å². The van der Waals surface area contributed by atoms with E-state index in [1.165, 1.54) is 18.4 Å². The number of thiophene rings is 1. The fourth-order valence-electron chi connectivity index (χ4n) is 2.69. The third-order valence-corrected chi connectivity index (χ3v) is 4.64. The molecule has 0 aromatic carbocycles. The molecule has 19 heavy (non-hydrogen) atoms. The van der Waals surface area contributed by atoms with E-state index in [2.05, 4.69) is 4.90 Å². The predicted molar refractivity (Wildman–Crippen MR) is 75.4 cm³/mol. The molecule has 1 atom stereocenters. The highest BCUT2D eigenvalue weighted by Crippen LogP contribution is 2.29.